The summed E-state index contributed by atoms with van der Waals surface area (Å²) >= 11 is 0. The number of rotatable bonds is 12. The molecule has 0 saturated heterocycles. The van der Waals surface area contributed by atoms with Crippen molar-refractivity contribution in [2.24, 2.45) is 23.1 Å². The molecule has 4 atom stereocenters. The van der Waals surface area contributed by atoms with Gasteiger partial charge >= 0.3 is 6.03 Å². The molecule has 0 unspecified atom stereocenters. The number of primary amides is 2. The maximum absolute atomic E-state index is 13.1. The van der Waals surface area contributed by atoms with Crippen molar-refractivity contribution in [1.82, 2.24) is 10.6 Å². The number of hydrogen-bond acceptors (Lipinski definition) is 5. The number of nitrogens with two attached hydrogens (primary N) is 3. The van der Waals surface area contributed by atoms with Crippen LogP contribution in [0.3, 0.4) is 0 Å². The van der Waals surface area contributed by atoms with Crippen molar-refractivity contribution in [1.29, 1.82) is 0 Å². The third-order valence-corrected chi connectivity index (χ3v) is 5.75. The Kier molecular flexibility index (Phi) is 10.2. The summed E-state index contributed by atoms with van der Waals surface area (Å²) in [6.45, 7) is 3.73. The molecule has 0 bridgehead atoms. The third-order valence-electron chi connectivity index (χ3n) is 5.75. The summed E-state index contributed by atoms with van der Waals surface area (Å²) < 4.78 is 0. The highest BCUT2D eigenvalue weighted by atomic mass is 16.2. The van der Waals surface area contributed by atoms with Gasteiger partial charge in [0.25, 0.3) is 0 Å². The van der Waals surface area contributed by atoms with Crippen molar-refractivity contribution in [3.63, 3.8) is 0 Å². The minimum Gasteiger partial charge on any atom is -0.368 e. The van der Waals surface area contributed by atoms with Crippen molar-refractivity contribution in [2.75, 3.05) is 5.32 Å². The van der Waals surface area contributed by atoms with Gasteiger partial charge in [0.1, 0.15) is 12.1 Å². The predicted molar refractivity (Wildman–Crippen MR) is 134 cm³/mol. The van der Waals surface area contributed by atoms with Crippen LogP contribution in [-0.2, 0) is 27.2 Å². The average molecular weight is 483 g/mol. The largest absolute Gasteiger partial charge is 0.368 e. The zero-order chi connectivity index (χ0) is 26.0. The second-order valence-electron chi connectivity index (χ2n) is 8.52. The highest BCUT2D eigenvalue weighted by molar-refractivity contribution is 5.93. The summed E-state index contributed by atoms with van der Waals surface area (Å²) in [7, 11) is 0. The normalized spacial score (nSPS) is 14.1. The molecule has 2 aromatic rings. The quantitative estimate of drug-likeness (QED) is 0.261. The summed E-state index contributed by atoms with van der Waals surface area (Å²) in [4.78, 5) is 48.8. The number of amides is 5. The van der Waals surface area contributed by atoms with Gasteiger partial charge in [-0.25, -0.2) is 4.79 Å². The lowest BCUT2D eigenvalue weighted by molar-refractivity contribution is -0.132. The summed E-state index contributed by atoms with van der Waals surface area (Å²) in [5.74, 6) is -1.87. The molecular weight excluding hydrogens is 448 g/mol. The topological polar surface area (TPSA) is 182 Å². The molecule has 2 aromatic carbocycles. The van der Waals surface area contributed by atoms with Crippen LogP contribution in [0, 0.1) is 5.92 Å². The van der Waals surface area contributed by atoms with E-state index < -0.39 is 41.9 Å². The van der Waals surface area contributed by atoms with Crippen molar-refractivity contribution in [3.05, 3.63) is 65.7 Å². The van der Waals surface area contributed by atoms with E-state index in [1.165, 1.54) is 0 Å². The van der Waals surface area contributed by atoms with Crippen molar-refractivity contribution in [3.8, 4) is 0 Å². The van der Waals surface area contributed by atoms with Gasteiger partial charge in [0.05, 0.1) is 6.04 Å². The number of urea groups is 1. The predicted octanol–water partition coefficient (Wildman–Crippen LogP) is 0.791. The Labute approximate surface area is 205 Å². The second kappa shape index (κ2) is 13.1. The fraction of sp³-hybridized carbons (Fsp3) is 0.360. The van der Waals surface area contributed by atoms with Gasteiger partial charge in [-0.1, -0.05) is 62.7 Å². The van der Waals surface area contributed by atoms with Crippen LogP contribution in [0.2, 0.25) is 0 Å². The molecule has 0 heterocycles. The molecular formula is C25H34N6O4. The zero-order valence-electron chi connectivity index (χ0n) is 20.0. The highest BCUT2D eigenvalue weighted by Crippen LogP contribution is 2.13. The van der Waals surface area contributed by atoms with Crippen LogP contribution in [0.5, 0.6) is 0 Å². The van der Waals surface area contributed by atoms with Gasteiger partial charge in [-0.15, -0.1) is 0 Å². The Morgan fingerprint density at radius 1 is 0.829 bits per heavy atom. The van der Waals surface area contributed by atoms with Gasteiger partial charge in [-0.2, -0.15) is 0 Å². The van der Waals surface area contributed by atoms with Gasteiger partial charge in [0.2, 0.25) is 17.7 Å². The molecule has 9 N–H and O–H groups in total. The number of hydrogen-bond donors (Lipinski definition) is 6. The number of carbonyl (C=O) groups excluding carboxylic acids is 4. The second-order valence-corrected chi connectivity index (χ2v) is 8.52. The molecule has 2 rings (SSSR count). The number of nitrogens with one attached hydrogen (secondary N) is 3. The lowest BCUT2D eigenvalue weighted by Gasteiger charge is -2.27. The first kappa shape index (κ1) is 27.3. The average Bonchev–Trinajstić information content (AvgIpc) is 2.82. The van der Waals surface area contributed by atoms with E-state index >= 15 is 0 Å². The van der Waals surface area contributed by atoms with E-state index in [-0.39, 0.29) is 18.8 Å². The Morgan fingerprint density at radius 3 is 1.97 bits per heavy atom. The first-order chi connectivity index (χ1) is 16.6. The molecule has 0 fully saturated rings. The van der Waals surface area contributed by atoms with Gasteiger partial charge in [0, 0.05) is 12.1 Å². The monoisotopic (exact) mass is 482 g/mol. The molecule has 35 heavy (non-hydrogen) atoms. The van der Waals surface area contributed by atoms with Crippen LogP contribution >= 0.6 is 0 Å². The van der Waals surface area contributed by atoms with E-state index in [1.54, 1.807) is 24.3 Å². The highest BCUT2D eigenvalue weighted by Gasteiger charge is 2.30. The standard InChI is InChI=1S/C25H34N6O4/c1-3-15(2)21(24(34)30-20(22(27)32)14-16-7-5-4-6-8-16)31-23(33)19(26)13-17-9-11-18(12-10-17)29-25(28)35/h4-12,15,19-21H,3,13-14,26H2,1-2H3,(H2,27,32)(H,30,34)(H,31,33)(H3,28,29,35)/t15-,19-,20-,21-/m0/s1. The lowest BCUT2D eigenvalue weighted by Crippen LogP contribution is -2.57. The molecule has 10 heteroatoms. The molecule has 188 valence electrons. The van der Waals surface area contributed by atoms with Crippen LogP contribution < -0.4 is 33.2 Å². The minimum atomic E-state index is -0.922. The van der Waals surface area contributed by atoms with Gasteiger partial charge < -0.3 is 33.2 Å². The fourth-order valence-corrected chi connectivity index (χ4v) is 3.51. The van der Waals surface area contributed by atoms with Crippen molar-refractivity contribution >= 4 is 29.4 Å². The number of anilines is 1. The van der Waals surface area contributed by atoms with E-state index in [2.05, 4.69) is 16.0 Å². The van der Waals surface area contributed by atoms with Gasteiger partial charge in [-0.05, 0) is 35.6 Å². The first-order valence-electron chi connectivity index (χ1n) is 11.5. The SMILES string of the molecule is CC[C@H](C)[C@H](NC(=O)[C@@H](N)Cc1ccc(NC(N)=O)cc1)C(=O)N[C@@H](Cc1ccccc1)C(N)=O. The number of carbonyl (C=O) groups is 4. The summed E-state index contributed by atoms with van der Waals surface area (Å²) in [5, 5.41) is 7.87. The van der Waals surface area contributed by atoms with Gasteiger partial charge in [0.15, 0.2) is 0 Å². The Morgan fingerprint density at radius 2 is 1.43 bits per heavy atom. The molecule has 0 radical (unpaired) electrons. The van der Waals surface area contributed by atoms with E-state index in [1.807, 2.05) is 44.2 Å². The minimum absolute atomic E-state index is 0.212. The smallest absolute Gasteiger partial charge is 0.316 e. The van der Waals surface area contributed by atoms with E-state index in [9.17, 15) is 19.2 Å². The third kappa shape index (κ3) is 8.74. The van der Waals surface area contributed by atoms with Crippen LogP contribution in [0.15, 0.2) is 54.6 Å². The van der Waals surface area contributed by atoms with Crippen LogP contribution in [0.25, 0.3) is 0 Å². The first-order valence-corrected chi connectivity index (χ1v) is 11.5. The maximum atomic E-state index is 13.1. The van der Waals surface area contributed by atoms with E-state index in [0.29, 0.717) is 12.1 Å². The molecule has 0 aliphatic carbocycles. The molecule has 0 saturated carbocycles. The molecule has 0 aliphatic heterocycles. The van der Waals surface area contributed by atoms with Crippen LogP contribution in [-0.4, -0.2) is 41.9 Å². The van der Waals surface area contributed by atoms with Gasteiger partial charge in [-0.3, -0.25) is 14.4 Å². The zero-order valence-corrected chi connectivity index (χ0v) is 20.0. The van der Waals surface area contributed by atoms with E-state index in [4.69, 9.17) is 17.2 Å². The Balaban J connectivity index is 2.04. The van der Waals surface area contributed by atoms with Crippen LogP contribution in [0.4, 0.5) is 10.5 Å². The Hall–Kier alpha value is -3.92. The summed E-state index contributed by atoms with van der Waals surface area (Å²) in [6.07, 6.45) is 1.07. The Bertz CT molecular complexity index is 1010. The number of benzene rings is 2. The van der Waals surface area contributed by atoms with Crippen molar-refractivity contribution < 1.29 is 19.2 Å². The fourth-order valence-electron chi connectivity index (χ4n) is 3.51. The van der Waals surface area contributed by atoms with Crippen molar-refractivity contribution in [2.45, 2.75) is 51.2 Å². The van der Waals surface area contributed by atoms with E-state index in [0.717, 1.165) is 11.1 Å². The molecule has 0 aromatic heterocycles. The molecule has 5 amide bonds. The molecule has 10 nitrogen and oxygen atoms in total. The lowest BCUT2D eigenvalue weighted by atomic mass is 9.96. The summed E-state index contributed by atoms with van der Waals surface area (Å²) in [5.41, 5.74) is 18.9. The molecule has 0 spiro atoms. The molecule has 0 aliphatic rings. The maximum Gasteiger partial charge on any atom is 0.316 e. The summed E-state index contributed by atoms with van der Waals surface area (Å²) in [6, 6.07) is 12.5. The van der Waals surface area contributed by atoms with Crippen LogP contribution in [0.1, 0.15) is 31.4 Å².